The zero-order chi connectivity index (χ0) is 49.3. The summed E-state index contributed by atoms with van der Waals surface area (Å²) in [7, 11) is 4.77. The molecule has 374 valence electrons. The summed E-state index contributed by atoms with van der Waals surface area (Å²) < 4.78 is 56.8. The topological polar surface area (TPSA) is 234 Å². The van der Waals surface area contributed by atoms with Crippen LogP contribution in [-0.4, -0.2) is 156 Å². The Morgan fingerprint density at radius 1 is 0.939 bits per heavy atom. The lowest BCUT2D eigenvalue weighted by atomic mass is 9.77. The number of nitrogens with one attached hydrogen (secondary N) is 1. The molecule has 66 heavy (non-hydrogen) atoms. The van der Waals surface area contributed by atoms with Gasteiger partial charge in [-0.2, -0.15) is 5.26 Å². The van der Waals surface area contributed by atoms with E-state index in [-0.39, 0.29) is 32.3 Å². The second-order valence-electron chi connectivity index (χ2n) is 19.3. The highest BCUT2D eigenvalue weighted by Crippen LogP contribution is 2.41. The highest BCUT2D eigenvalue weighted by Gasteiger charge is 2.54. The van der Waals surface area contributed by atoms with Crippen molar-refractivity contribution in [3.8, 4) is 6.07 Å². The third kappa shape index (κ3) is 13.2. The Morgan fingerprint density at radius 3 is 2.20 bits per heavy atom. The first-order chi connectivity index (χ1) is 31.0. The molecule has 3 fully saturated rings. The Labute approximate surface area is 390 Å². The molecule has 3 aliphatic heterocycles. The summed E-state index contributed by atoms with van der Waals surface area (Å²) in [4.78, 5) is 44.1. The normalized spacial score (nSPS) is 40.8. The van der Waals surface area contributed by atoms with Gasteiger partial charge in [-0.1, -0.05) is 51.1 Å². The fraction of sp³-hybridized carbons (Fsp3) is 0.792. The number of amides is 1. The van der Waals surface area contributed by atoms with E-state index >= 15 is 0 Å². The zero-order valence-corrected chi connectivity index (χ0v) is 41.1. The number of aliphatic hydroxyl groups is 3. The number of aliphatic hydroxyl groups excluding tert-OH is 2. The molecule has 3 saturated heterocycles. The van der Waals surface area contributed by atoms with E-state index in [2.05, 4.69) is 11.4 Å². The van der Waals surface area contributed by atoms with Crippen molar-refractivity contribution in [3.05, 3.63) is 35.9 Å². The molecular weight excluding hydrogens is 859 g/mol. The van der Waals surface area contributed by atoms with Crippen molar-refractivity contribution in [2.45, 2.75) is 198 Å². The number of cyclic esters (lactones) is 1. The number of ether oxygens (including phenoxy) is 9. The molecule has 0 aliphatic carbocycles. The second-order valence-corrected chi connectivity index (χ2v) is 19.3. The number of esters is 1. The molecule has 18 heteroatoms. The summed E-state index contributed by atoms with van der Waals surface area (Å²) in [5.74, 6) is -4.02. The van der Waals surface area contributed by atoms with E-state index in [0.29, 0.717) is 13.0 Å². The largest absolute Gasteiger partial charge is 0.509 e. The molecule has 1 amide bonds. The SMILES string of the molecule is CC[C@H]1OC(=O)[C@H](C)[C@@H](O[C@H]2C[C@@](C)(OC)[C@@H](O)[C@H](C)O2)[C@H](C)[C@@H](O[C@@H]2O[C@H](C)C[C@H](N(C)CCC#N)[C@H]2OC(=O)OCc2ccccc2)[C@](C)(OC)C[C@@H](C)C(=O)N[C@H](C)[C@@H](O)[C@]1(C)O. The summed E-state index contributed by atoms with van der Waals surface area (Å²) in [6.45, 7) is 17.0. The molecule has 4 N–H and O–H groups in total. The second kappa shape index (κ2) is 23.7. The fourth-order valence-electron chi connectivity index (χ4n) is 9.71. The van der Waals surface area contributed by atoms with Crippen molar-refractivity contribution < 1.29 is 72.3 Å². The summed E-state index contributed by atoms with van der Waals surface area (Å²) in [6.07, 6.45) is -11.0. The van der Waals surface area contributed by atoms with Gasteiger partial charge in [-0.15, -0.1) is 0 Å². The zero-order valence-electron chi connectivity index (χ0n) is 41.1. The van der Waals surface area contributed by atoms with E-state index in [1.165, 1.54) is 21.1 Å². The van der Waals surface area contributed by atoms with E-state index in [1.54, 1.807) is 55.4 Å². The van der Waals surface area contributed by atoms with Gasteiger partial charge in [0, 0.05) is 45.4 Å². The summed E-state index contributed by atoms with van der Waals surface area (Å²) in [5, 5.41) is 46.7. The molecule has 0 unspecified atom stereocenters. The molecule has 18 nitrogen and oxygen atoms in total. The molecule has 1 aromatic rings. The maximum Gasteiger partial charge on any atom is 0.509 e. The molecule has 0 aromatic heterocycles. The number of hydrogen-bond donors (Lipinski definition) is 4. The molecule has 18 atom stereocenters. The molecule has 3 heterocycles. The van der Waals surface area contributed by atoms with Crippen molar-refractivity contribution in [2.75, 3.05) is 27.8 Å². The summed E-state index contributed by atoms with van der Waals surface area (Å²) in [5.41, 5.74) is -3.77. The fourth-order valence-corrected chi connectivity index (χ4v) is 9.71. The Morgan fingerprint density at radius 2 is 1.59 bits per heavy atom. The van der Waals surface area contributed by atoms with Gasteiger partial charge in [0.25, 0.3) is 0 Å². The average Bonchev–Trinajstić information content (AvgIpc) is 3.28. The first-order valence-electron chi connectivity index (χ1n) is 23.2. The maximum absolute atomic E-state index is 14.5. The van der Waals surface area contributed by atoms with Gasteiger partial charge in [-0.05, 0) is 80.3 Å². The Kier molecular flexibility index (Phi) is 19.8. The van der Waals surface area contributed by atoms with Gasteiger partial charge in [-0.25, -0.2) is 4.79 Å². The van der Waals surface area contributed by atoms with Crippen LogP contribution in [0.15, 0.2) is 30.3 Å². The molecule has 0 bridgehead atoms. The van der Waals surface area contributed by atoms with Crippen LogP contribution in [0.25, 0.3) is 0 Å². The highest BCUT2D eigenvalue weighted by molar-refractivity contribution is 5.78. The monoisotopic (exact) mass is 936 g/mol. The van der Waals surface area contributed by atoms with E-state index in [0.717, 1.165) is 5.56 Å². The smallest absolute Gasteiger partial charge is 0.459 e. The van der Waals surface area contributed by atoms with Crippen molar-refractivity contribution in [1.82, 2.24) is 10.2 Å². The molecular formula is C48H77N3O15. The number of rotatable bonds is 13. The lowest BCUT2D eigenvalue weighted by Crippen LogP contribution is -2.62. The highest BCUT2D eigenvalue weighted by atomic mass is 16.8. The minimum Gasteiger partial charge on any atom is -0.459 e. The van der Waals surface area contributed by atoms with Crippen LogP contribution < -0.4 is 5.32 Å². The number of hydrogen-bond acceptors (Lipinski definition) is 17. The van der Waals surface area contributed by atoms with Crippen molar-refractivity contribution >= 4 is 18.0 Å². The number of benzene rings is 1. The standard InChI is InChI=1S/C48H77N3O15/c1-14-35-48(10,57)39(52)31(6)50-42(54)27(2)24-47(9,59-13)41(29(4)37(30(5)43(55)63-35)64-36-25-46(8,58-12)40(53)32(7)62-36)66-44-38(34(23-28(3)61-44)51(11)22-18-21-49)65-45(56)60-26-33-19-16-15-17-20-33/h15-17,19-20,27-32,34-41,44,52-53,57H,14,18,22-26H2,1-13H3,(H,50,54)/t27-,28-,29+,30-,31-,32+,34+,35-,36+,37+,38-,39-,40+,41-,44+,46-,47-,48-/m1/s1. The molecule has 0 radical (unpaired) electrons. The molecule has 0 spiro atoms. The minimum atomic E-state index is -2.00. The van der Waals surface area contributed by atoms with Gasteiger partial charge in [0.15, 0.2) is 18.7 Å². The predicted molar refractivity (Wildman–Crippen MR) is 239 cm³/mol. The lowest BCUT2D eigenvalue weighted by molar-refractivity contribution is -0.319. The van der Waals surface area contributed by atoms with Gasteiger partial charge in [0.05, 0.1) is 59.7 Å². The maximum atomic E-state index is 14.5. The lowest BCUT2D eigenvalue weighted by Gasteiger charge is -2.50. The van der Waals surface area contributed by atoms with E-state index in [1.807, 2.05) is 49.2 Å². The molecule has 3 aliphatic rings. The van der Waals surface area contributed by atoms with E-state index in [4.69, 9.17) is 42.6 Å². The number of methoxy groups -OCH3 is 2. The number of likely N-dealkylation sites (N-methyl/N-ethyl adjacent to an activating group) is 1. The number of carbonyl (C=O) groups is 3. The average molecular weight is 936 g/mol. The quantitative estimate of drug-likeness (QED) is 0.201. The number of carbonyl (C=O) groups excluding carboxylic acids is 3. The van der Waals surface area contributed by atoms with Gasteiger partial charge < -0.3 is 63.3 Å². The van der Waals surface area contributed by atoms with Gasteiger partial charge in [0.2, 0.25) is 5.91 Å². The van der Waals surface area contributed by atoms with E-state index in [9.17, 15) is 35.0 Å². The van der Waals surface area contributed by atoms with Crippen LogP contribution in [0, 0.1) is 29.1 Å². The number of nitrogens with zero attached hydrogens (tertiary/aromatic N) is 2. The third-order valence-electron chi connectivity index (χ3n) is 14.0. The van der Waals surface area contributed by atoms with Gasteiger partial charge >= 0.3 is 12.1 Å². The Hall–Kier alpha value is -3.48. The minimum absolute atomic E-state index is 0.00992. The van der Waals surface area contributed by atoms with Crippen LogP contribution in [-0.2, 0) is 58.8 Å². The predicted octanol–water partition coefficient (Wildman–Crippen LogP) is 4.38. The van der Waals surface area contributed by atoms with Crippen molar-refractivity contribution in [1.29, 1.82) is 5.26 Å². The first-order valence-corrected chi connectivity index (χ1v) is 23.2. The molecule has 1 aromatic carbocycles. The van der Waals surface area contributed by atoms with Crippen LogP contribution in [0.3, 0.4) is 0 Å². The first kappa shape index (κ1) is 55.1. The van der Waals surface area contributed by atoms with Crippen LogP contribution >= 0.6 is 0 Å². The van der Waals surface area contributed by atoms with E-state index < -0.39 is 126 Å². The summed E-state index contributed by atoms with van der Waals surface area (Å²) >= 11 is 0. The Bertz CT molecular complexity index is 1770. The van der Waals surface area contributed by atoms with Gasteiger partial charge in [-0.3, -0.25) is 14.5 Å². The van der Waals surface area contributed by atoms with Gasteiger partial charge in [0.1, 0.15) is 30.5 Å². The van der Waals surface area contributed by atoms with Crippen LogP contribution in [0.2, 0.25) is 0 Å². The summed E-state index contributed by atoms with van der Waals surface area (Å²) in [6, 6.07) is 9.78. The third-order valence-corrected chi connectivity index (χ3v) is 14.0. The van der Waals surface area contributed by atoms with Crippen molar-refractivity contribution in [3.63, 3.8) is 0 Å². The molecule has 4 rings (SSSR count). The van der Waals surface area contributed by atoms with Crippen molar-refractivity contribution in [2.24, 2.45) is 17.8 Å². The Balaban J connectivity index is 1.89. The molecule has 0 saturated carbocycles. The number of nitriles is 1. The van der Waals surface area contributed by atoms with Crippen LogP contribution in [0.4, 0.5) is 4.79 Å². The van der Waals surface area contributed by atoms with Crippen LogP contribution in [0.1, 0.15) is 107 Å². The van der Waals surface area contributed by atoms with Crippen LogP contribution in [0.5, 0.6) is 0 Å².